The van der Waals surface area contributed by atoms with Crippen LogP contribution in [0.5, 0.6) is 0 Å². The summed E-state index contributed by atoms with van der Waals surface area (Å²) in [5.74, 6) is 3.77. The summed E-state index contributed by atoms with van der Waals surface area (Å²) in [6, 6.07) is 8.09. The quantitative estimate of drug-likeness (QED) is 0.243. The number of fused-ring (bicyclic) bond motifs is 2. The average molecular weight is 465 g/mol. The Bertz CT molecular complexity index is 856. The molecule has 34 heavy (non-hydrogen) atoms. The molecule has 0 aromatic heterocycles. The molecule has 4 nitrogen and oxygen atoms in total. The lowest BCUT2D eigenvalue weighted by atomic mass is 9.75. The third-order valence-electron chi connectivity index (χ3n) is 8.65. The van der Waals surface area contributed by atoms with Crippen LogP contribution in [0.2, 0.25) is 0 Å². The predicted molar refractivity (Wildman–Crippen MR) is 134 cm³/mol. The van der Waals surface area contributed by atoms with E-state index in [1.807, 2.05) is 30.3 Å². The number of allylic oxidation sites excluding steroid dienone is 2. The standard InChI is InChI=1S/C30H40O4/c1-2-3-21-4-10-24(11-5-21)28-19-33-30(34-20-28)25-12-6-22(7-13-25)9-15-29(31)32-18-27-17-23-8-14-26(27)16-23/h6-9,12-15,21,23-24,26-28,30H,2-5,10-11,16-20H2,1H3. The van der Waals surface area contributed by atoms with Crippen molar-refractivity contribution in [2.45, 2.75) is 64.6 Å². The molecule has 0 radical (unpaired) electrons. The lowest BCUT2D eigenvalue weighted by molar-refractivity contribution is -0.214. The van der Waals surface area contributed by atoms with Gasteiger partial charge in [0.25, 0.3) is 0 Å². The lowest BCUT2D eigenvalue weighted by Gasteiger charge is -2.37. The van der Waals surface area contributed by atoms with Gasteiger partial charge in [0.05, 0.1) is 19.8 Å². The summed E-state index contributed by atoms with van der Waals surface area (Å²) in [5, 5.41) is 0. The minimum Gasteiger partial charge on any atom is -0.462 e. The zero-order chi connectivity index (χ0) is 23.3. The number of esters is 1. The Hall–Kier alpha value is -1.91. The average Bonchev–Trinajstić information content (AvgIpc) is 3.51. The molecule has 3 aliphatic carbocycles. The minimum absolute atomic E-state index is 0.260. The first-order chi connectivity index (χ1) is 16.7. The number of hydrogen-bond donors (Lipinski definition) is 0. The molecular weight excluding hydrogens is 424 g/mol. The summed E-state index contributed by atoms with van der Waals surface area (Å²) in [7, 11) is 0. The van der Waals surface area contributed by atoms with Crippen LogP contribution in [-0.4, -0.2) is 25.8 Å². The number of benzene rings is 1. The molecule has 184 valence electrons. The maximum atomic E-state index is 12.1. The first-order valence-corrected chi connectivity index (χ1v) is 13.5. The van der Waals surface area contributed by atoms with Crippen molar-refractivity contribution in [2.75, 3.05) is 19.8 Å². The van der Waals surface area contributed by atoms with Crippen molar-refractivity contribution in [3.05, 3.63) is 53.6 Å². The molecule has 2 saturated carbocycles. The second-order valence-corrected chi connectivity index (χ2v) is 11.0. The summed E-state index contributed by atoms with van der Waals surface area (Å²) in [5.41, 5.74) is 2.01. The van der Waals surface area contributed by atoms with E-state index in [2.05, 4.69) is 19.1 Å². The van der Waals surface area contributed by atoms with Crippen LogP contribution in [0.15, 0.2) is 42.5 Å². The van der Waals surface area contributed by atoms with E-state index in [4.69, 9.17) is 14.2 Å². The third-order valence-corrected chi connectivity index (χ3v) is 8.65. The number of carbonyl (C=O) groups is 1. The predicted octanol–water partition coefficient (Wildman–Crippen LogP) is 6.72. The van der Waals surface area contributed by atoms with Crippen LogP contribution in [0.4, 0.5) is 0 Å². The van der Waals surface area contributed by atoms with Gasteiger partial charge < -0.3 is 14.2 Å². The van der Waals surface area contributed by atoms with Crippen molar-refractivity contribution < 1.29 is 19.0 Å². The van der Waals surface area contributed by atoms with Crippen molar-refractivity contribution in [1.82, 2.24) is 0 Å². The number of rotatable bonds is 8. The Balaban J connectivity index is 1.04. The minimum atomic E-state index is -0.286. The topological polar surface area (TPSA) is 44.8 Å². The highest BCUT2D eigenvalue weighted by molar-refractivity contribution is 5.87. The van der Waals surface area contributed by atoms with Crippen LogP contribution in [-0.2, 0) is 19.0 Å². The summed E-state index contributed by atoms with van der Waals surface area (Å²) in [6.45, 7) is 4.41. The molecule has 3 unspecified atom stereocenters. The van der Waals surface area contributed by atoms with E-state index in [0.29, 0.717) is 30.3 Å². The number of hydrogen-bond acceptors (Lipinski definition) is 4. The van der Waals surface area contributed by atoms with Crippen molar-refractivity contribution in [3.63, 3.8) is 0 Å². The van der Waals surface area contributed by atoms with Gasteiger partial charge in [-0.2, -0.15) is 0 Å². The highest BCUT2D eigenvalue weighted by atomic mass is 16.7. The molecule has 0 spiro atoms. The Morgan fingerprint density at radius 2 is 1.76 bits per heavy atom. The van der Waals surface area contributed by atoms with Crippen LogP contribution in [0.25, 0.3) is 6.08 Å². The van der Waals surface area contributed by atoms with E-state index >= 15 is 0 Å². The molecule has 0 N–H and O–H groups in total. The summed E-state index contributed by atoms with van der Waals surface area (Å²) >= 11 is 0. The van der Waals surface area contributed by atoms with Gasteiger partial charge in [-0.05, 0) is 66.9 Å². The Morgan fingerprint density at radius 1 is 1.00 bits per heavy atom. The molecule has 1 aromatic rings. The molecule has 1 heterocycles. The van der Waals surface area contributed by atoms with Gasteiger partial charge >= 0.3 is 5.97 Å². The van der Waals surface area contributed by atoms with Gasteiger partial charge in [0, 0.05) is 17.6 Å². The van der Waals surface area contributed by atoms with Gasteiger partial charge in [-0.1, -0.05) is 69.0 Å². The smallest absolute Gasteiger partial charge is 0.330 e. The summed E-state index contributed by atoms with van der Waals surface area (Å²) in [4.78, 5) is 12.1. The van der Waals surface area contributed by atoms with Gasteiger partial charge in [0.1, 0.15) is 0 Å². The SMILES string of the molecule is CCCC1CCC(C2COC(c3ccc(C=CC(=O)OCC4CC5C=CC4C5)cc3)OC2)CC1. The highest BCUT2D eigenvalue weighted by Crippen LogP contribution is 2.43. The molecule has 3 atom stereocenters. The number of ether oxygens (including phenoxy) is 3. The molecule has 4 aliphatic rings. The highest BCUT2D eigenvalue weighted by Gasteiger charge is 2.36. The van der Waals surface area contributed by atoms with Crippen LogP contribution < -0.4 is 0 Å². The zero-order valence-corrected chi connectivity index (χ0v) is 20.6. The van der Waals surface area contributed by atoms with E-state index in [9.17, 15) is 4.79 Å². The van der Waals surface area contributed by atoms with E-state index in [0.717, 1.165) is 42.6 Å². The van der Waals surface area contributed by atoms with Crippen molar-refractivity contribution >= 4 is 12.0 Å². The molecule has 5 rings (SSSR count). The van der Waals surface area contributed by atoms with E-state index in [-0.39, 0.29) is 12.3 Å². The molecule has 1 aliphatic heterocycles. The monoisotopic (exact) mass is 464 g/mol. The lowest BCUT2D eigenvalue weighted by Crippen LogP contribution is -2.34. The maximum absolute atomic E-state index is 12.1. The Labute approximate surface area is 204 Å². The molecule has 4 heteroatoms. The first-order valence-electron chi connectivity index (χ1n) is 13.5. The van der Waals surface area contributed by atoms with Crippen LogP contribution >= 0.6 is 0 Å². The fourth-order valence-corrected chi connectivity index (χ4v) is 6.59. The maximum Gasteiger partial charge on any atom is 0.330 e. The van der Waals surface area contributed by atoms with Gasteiger partial charge in [0.15, 0.2) is 6.29 Å². The first kappa shape index (κ1) is 23.8. The van der Waals surface area contributed by atoms with Crippen molar-refractivity contribution in [3.8, 4) is 0 Å². The molecular formula is C30H40O4. The third kappa shape index (κ3) is 5.83. The fourth-order valence-electron chi connectivity index (χ4n) is 6.59. The second kappa shape index (κ2) is 11.2. The molecule has 1 aromatic carbocycles. The van der Waals surface area contributed by atoms with Crippen LogP contribution in [0.3, 0.4) is 0 Å². The van der Waals surface area contributed by atoms with Gasteiger partial charge in [-0.15, -0.1) is 0 Å². The van der Waals surface area contributed by atoms with Gasteiger partial charge in [-0.25, -0.2) is 4.79 Å². The normalized spacial score (nSPS) is 35.1. The van der Waals surface area contributed by atoms with Gasteiger partial charge in [-0.3, -0.25) is 0 Å². The molecule has 0 amide bonds. The largest absolute Gasteiger partial charge is 0.462 e. The fraction of sp³-hybridized carbons (Fsp3) is 0.633. The molecule has 1 saturated heterocycles. The zero-order valence-electron chi connectivity index (χ0n) is 20.6. The second-order valence-electron chi connectivity index (χ2n) is 11.0. The van der Waals surface area contributed by atoms with Crippen LogP contribution in [0, 0.1) is 35.5 Å². The van der Waals surface area contributed by atoms with Crippen molar-refractivity contribution in [2.24, 2.45) is 35.5 Å². The van der Waals surface area contributed by atoms with Crippen LogP contribution in [0.1, 0.15) is 75.7 Å². The Morgan fingerprint density at radius 3 is 2.41 bits per heavy atom. The molecule has 2 bridgehead atoms. The van der Waals surface area contributed by atoms with Crippen molar-refractivity contribution in [1.29, 1.82) is 0 Å². The van der Waals surface area contributed by atoms with E-state index in [1.54, 1.807) is 0 Å². The summed E-state index contributed by atoms with van der Waals surface area (Å²) in [6.07, 6.45) is 18.2. The Kier molecular flexibility index (Phi) is 7.86. The van der Waals surface area contributed by atoms with E-state index in [1.165, 1.54) is 51.0 Å². The van der Waals surface area contributed by atoms with Gasteiger partial charge in [0.2, 0.25) is 0 Å². The molecule has 3 fully saturated rings. The summed E-state index contributed by atoms with van der Waals surface area (Å²) < 4.78 is 17.7. The number of carbonyl (C=O) groups excluding carboxylic acids is 1. The van der Waals surface area contributed by atoms with E-state index < -0.39 is 0 Å².